The summed E-state index contributed by atoms with van der Waals surface area (Å²) < 4.78 is 0. The number of carbonyl (C=O) groups excluding carboxylic acids is 1. The van der Waals surface area contributed by atoms with Crippen LogP contribution in [0.4, 0.5) is 0 Å². The standard InChI is InChI=1S/C14H25NO/c1-3-4-5-6-10(2)15-14(16)13-8-11-7-12(11)9-13/h10-13H,3-9H2,1-2H3,(H,15,16). The van der Waals surface area contributed by atoms with Crippen LogP contribution in [-0.4, -0.2) is 11.9 Å². The minimum Gasteiger partial charge on any atom is -0.353 e. The highest BCUT2D eigenvalue weighted by atomic mass is 16.1. The molecule has 0 heterocycles. The molecule has 3 atom stereocenters. The number of carbonyl (C=O) groups is 1. The highest BCUT2D eigenvalue weighted by molar-refractivity contribution is 5.79. The summed E-state index contributed by atoms with van der Waals surface area (Å²) >= 11 is 0. The lowest BCUT2D eigenvalue weighted by Crippen LogP contribution is -2.36. The smallest absolute Gasteiger partial charge is 0.223 e. The summed E-state index contributed by atoms with van der Waals surface area (Å²) in [5.41, 5.74) is 0. The molecule has 0 aromatic heterocycles. The molecule has 2 aliphatic carbocycles. The second-order valence-corrected chi connectivity index (χ2v) is 5.83. The van der Waals surface area contributed by atoms with Gasteiger partial charge >= 0.3 is 0 Å². The molecule has 1 amide bonds. The maximum atomic E-state index is 11.9. The highest BCUT2D eigenvalue weighted by Gasteiger charge is 2.47. The van der Waals surface area contributed by atoms with E-state index < -0.39 is 0 Å². The Morgan fingerprint density at radius 3 is 2.56 bits per heavy atom. The van der Waals surface area contributed by atoms with E-state index in [2.05, 4.69) is 19.2 Å². The SMILES string of the molecule is CCCCCC(C)NC(=O)C1CC2CC2C1. The number of hydrogen-bond donors (Lipinski definition) is 1. The van der Waals surface area contributed by atoms with Crippen LogP contribution in [0.2, 0.25) is 0 Å². The number of nitrogens with one attached hydrogen (secondary N) is 1. The van der Waals surface area contributed by atoms with Crippen molar-refractivity contribution in [3.05, 3.63) is 0 Å². The lowest BCUT2D eigenvalue weighted by atomic mass is 10.0. The lowest BCUT2D eigenvalue weighted by molar-refractivity contribution is -0.125. The molecule has 2 saturated carbocycles. The van der Waals surface area contributed by atoms with Gasteiger partial charge in [-0.2, -0.15) is 0 Å². The van der Waals surface area contributed by atoms with Gasteiger partial charge in [0.1, 0.15) is 0 Å². The summed E-state index contributed by atoms with van der Waals surface area (Å²) in [6.45, 7) is 4.36. The Hall–Kier alpha value is -0.530. The average molecular weight is 223 g/mol. The third kappa shape index (κ3) is 2.99. The van der Waals surface area contributed by atoms with Gasteiger partial charge in [-0.1, -0.05) is 26.2 Å². The molecule has 3 unspecified atom stereocenters. The van der Waals surface area contributed by atoms with Crippen LogP contribution in [0.5, 0.6) is 0 Å². The van der Waals surface area contributed by atoms with E-state index in [0.29, 0.717) is 17.9 Å². The third-order valence-corrected chi connectivity index (χ3v) is 4.24. The molecule has 1 N–H and O–H groups in total. The predicted molar refractivity (Wildman–Crippen MR) is 66.1 cm³/mol. The molecule has 0 spiro atoms. The summed E-state index contributed by atoms with van der Waals surface area (Å²) in [5.74, 6) is 2.49. The number of unbranched alkanes of at least 4 members (excludes halogenated alkanes) is 2. The van der Waals surface area contributed by atoms with E-state index in [-0.39, 0.29) is 0 Å². The quantitative estimate of drug-likeness (QED) is 0.689. The van der Waals surface area contributed by atoms with Crippen molar-refractivity contribution < 1.29 is 4.79 Å². The van der Waals surface area contributed by atoms with E-state index in [9.17, 15) is 4.79 Å². The number of rotatable bonds is 6. The van der Waals surface area contributed by atoms with Crippen molar-refractivity contribution in [2.75, 3.05) is 0 Å². The summed E-state index contributed by atoms with van der Waals surface area (Å²) in [4.78, 5) is 11.9. The molecule has 2 fully saturated rings. The van der Waals surface area contributed by atoms with Crippen molar-refractivity contribution in [3.63, 3.8) is 0 Å². The van der Waals surface area contributed by atoms with Gasteiger partial charge in [0.2, 0.25) is 5.91 Å². The van der Waals surface area contributed by atoms with Crippen molar-refractivity contribution in [1.82, 2.24) is 5.32 Å². The van der Waals surface area contributed by atoms with E-state index in [1.807, 2.05) is 0 Å². The summed E-state index contributed by atoms with van der Waals surface area (Å²) in [7, 11) is 0. The van der Waals surface area contributed by atoms with E-state index in [0.717, 1.165) is 31.1 Å². The van der Waals surface area contributed by atoms with Gasteiger partial charge in [-0.15, -0.1) is 0 Å². The Morgan fingerprint density at radius 1 is 1.25 bits per heavy atom. The molecule has 2 rings (SSSR count). The number of fused-ring (bicyclic) bond motifs is 1. The lowest BCUT2D eigenvalue weighted by Gasteiger charge is -2.17. The van der Waals surface area contributed by atoms with Crippen LogP contribution in [0.1, 0.15) is 58.8 Å². The fourth-order valence-corrected chi connectivity index (χ4v) is 3.06. The molecule has 0 aliphatic heterocycles. The van der Waals surface area contributed by atoms with Crippen LogP contribution in [0.25, 0.3) is 0 Å². The maximum Gasteiger partial charge on any atom is 0.223 e. The van der Waals surface area contributed by atoms with Gasteiger partial charge < -0.3 is 5.32 Å². The van der Waals surface area contributed by atoms with Crippen molar-refractivity contribution in [1.29, 1.82) is 0 Å². The number of amides is 1. The normalized spacial score (nSPS) is 33.2. The van der Waals surface area contributed by atoms with E-state index in [1.54, 1.807) is 0 Å². The van der Waals surface area contributed by atoms with E-state index in [1.165, 1.54) is 25.7 Å². The van der Waals surface area contributed by atoms with Gasteiger partial charge in [-0.05, 0) is 44.4 Å². The summed E-state index contributed by atoms with van der Waals surface area (Å²) in [5, 5.41) is 3.18. The van der Waals surface area contributed by atoms with E-state index >= 15 is 0 Å². The molecule has 0 radical (unpaired) electrons. The highest BCUT2D eigenvalue weighted by Crippen LogP contribution is 2.54. The fraction of sp³-hybridized carbons (Fsp3) is 0.929. The molecule has 92 valence electrons. The molecule has 0 saturated heterocycles. The van der Waals surface area contributed by atoms with Crippen molar-refractivity contribution >= 4 is 5.91 Å². The summed E-state index contributed by atoms with van der Waals surface area (Å²) in [6.07, 6.45) is 8.65. The minimum atomic E-state index is 0.330. The molecule has 0 bridgehead atoms. The molecule has 0 aromatic carbocycles. The van der Waals surface area contributed by atoms with Crippen molar-refractivity contribution in [3.8, 4) is 0 Å². The van der Waals surface area contributed by atoms with Crippen molar-refractivity contribution in [2.24, 2.45) is 17.8 Å². The first-order chi connectivity index (χ1) is 7.70. The zero-order valence-corrected chi connectivity index (χ0v) is 10.7. The number of hydrogen-bond acceptors (Lipinski definition) is 1. The molecule has 2 heteroatoms. The third-order valence-electron chi connectivity index (χ3n) is 4.24. The first-order valence-corrected chi connectivity index (χ1v) is 7.01. The Bertz CT molecular complexity index is 241. The van der Waals surface area contributed by atoms with Gasteiger partial charge in [0, 0.05) is 12.0 Å². The van der Waals surface area contributed by atoms with Crippen LogP contribution in [0, 0.1) is 17.8 Å². The largest absolute Gasteiger partial charge is 0.353 e. The van der Waals surface area contributed by atoms with Crippen LogP contribution >= 0.6 is 0 Å². The molecule has 2 nitrogen and oxygen atoms in total. The van der Waals surface area contributed by atoms with Gasteiger partial charge in [0.25, 0.3) is 0 Å². The van der Waals surface area contributed by atoms with Gasteiger partial charge in [-0.25, -0.2) is 0 Å². The molecule has 2 aliphatic rings. The van der Waals surface area contributed by atoms with Gasteiger partial charge in [-0.3, -0.25) is 4.79 Å². The second kappa shape index (κ2) is 5.20. The predicted octanol–water partition coefficient (Wildman–Crippen LogP) is 3.12. The first-order valence-electron chi connectivity index (χ1n) is 7.01. The topological polar surface area (TPSA) is 29.1 Å². The van der Waals surface area contributed by atoms with E-state index in [4.69, 9.17) is 0 Å². The molecule has 16 heavy (non-hydrogen) atoms. The first kappa shape index (κ1) is 11.9. The van der Waals surface area contributed by atoms with Crippen LogP contribution < -0.4 is 5.32 Å². The summed E-state index contributed by atoms with van der Waals surface area (Å²) in [6, 6.07) is 0.371. The average Bonchev–Trinajstić information content (AvgIpc) is 2.86. The second-order valence-electron chi connectivity index (χ2n) is 5.83. The Morgan fingerprint density at radius 2 is 1.94 bits per heavy atom. The molecular weight excluding hydrogens is 198 g/mol. The van der Waals surface area contributed by atoms with Crippen LogP contribution in [0.3, 0.4) is 0 Å². The monoisotopic (exact) mass is 223 g/mol. The minimum absolute atomic E-state index is 0.330. The zero-order chi connectivity index (χ0) is 11.5. The van der Waals surface area contributed by atoms with Crippen LogP contribution in [0.15, 0.2) is 0 Å². The zero-order valence-electron chi connectivity index (χ0n) is 10.7. The molecular formula is C14H25NO. The van der Waals surface area contributed by atoms with Crippen LogP contribution in [-0.2, 0) is 4.79 Å². The molecule has 0 aromatic rings. The Kier molecular flexibility index (Phi) is 3.88. The van der Waals surface area contributed by atoms with Gasteiger partial charge in [0.05, 0.1) is 0 Å². The fourth-order valence-electron chi connectivity index (χ4n) is 3.06. The maximum absolute atomic E-state index is 11.9. The Labute approximate surface area is 99.2 Å². The van der Waals surface area contributed by atoms with Crippen molar-refractivity contribution in [2.45, 2.75) is 64.8 Å². The van der Waals surface area contributed by atoms with Gasteiger partial charge in [0.15, 0.2) is 0 Å². The Balaban J connectivity index is 1.62.